The first-order chi connectivity index (χ1) is 13.0. The Morgan fingerprint density at radius 1 is 1.22 bits per heavy atom. The van der Waals surface area contributed by atoms with Gasteiger partial charge in [0.25, 0.3) is 5.91 Å². The number of aromatic nitrogens is 4. The first kappa shape index (κ1) is 18.1. The van der Waals surface area contributed by atoms with E-state index < -0.39 is 0 Å². The summed E-state index contributed by atoms with van der Waals surface area (Å²) in [6.07, 6.45) is 1.56. The molecule has 4 rings (SSSR count). The molecule has 0 fully saturated rings. The van der Waals surface area contributed by atoms with Crippen molar-refractivity contribution in [2.75, 3.05) is 12.4 Å². The summed E-state index contributed by atoms with van der Waals surface area (Å²) in [5.41, 5.74) is 2.03. The summed E-state index contributed by atoms with van der Waals surface area (Å²) in [5, 5.41) is 15.9. The second-order valence-corrected chi connectivity index (χ2v) is 8.19. The van der Waals surface area contributed by atoms with Crippen molar-refractivity contribution in [2.45, 2.75) is 0 Å². The number of hydrogen-bond donors (Lipinski definition) is 1. The Morgan fingerprint density at radius 3 is 2.70 bits per heavy atom. The second-order valence-electron chi connectivity index (χ2n) is 5.47. The third-order valence-corrected chi connectivity index (χ3v) is 5.74. The fourth-order valence-electron chi connectivity index (χ4n) is 2.51. The van der Waals surface area contributed by atoms with Gasteiger partial charge in [0, 0.05) is 15.7 Å². The van der Waals surface area contributed by atoms with Crippen LogP contribution in [0.3, 0.4) is 0 Å². The van der Waals surface area contributed by atoms with E-state index in [-0.39, 0.29) is 5.91 Å². The largest absolute Gasteiger partial charge is 0.495 e. The van der Waals surface area contributed by atoms with Crippen molar-refractivity contribution in [2.24, 2.45) is 0 Å². The van der Waals surface area contributed by atoms with E-state index in [0.717, 1.165) is 20.0 Å². The van der Waals surface area contributed by atoms with Crippen LogP contribution in [0.5, 0.6) is 5.75 Å². The highest BCUT2D eigenvalue weighted by molar-refractivity contribution is 9.11. The van der Waals surface area contributed by atoms with E-state index in [1.807, 2.05) is 30.3 Å². The Hall–Kier alpha value is -2.30. The van der Waals surface area contributed by atoms with Gasteiger partial charge in [0.15, 0.2) is 0 Å². The second kappa shape index (κ2) is 7.37. The molecule has 0 saturated heterocycles. The molecule has 136 valence electrons. The van der Waals surface area contributed by atoms with Crippen LogP contribution >= 0.6 is 43.2 Å². The minimum absolute atomic E-state index is 0.264. The van der Waals surface area contributed by atoms with Gasteiger partial charge in [-0.05, 0) is 52.3 Å². The van der Waals surface area contributed by atoms with E-state index in [4.69, 9.17) is 4.74 Å². The summed E-state index contributed by atoms with van der Waals surface area (Å²) in [5.74, 6) is 0.215. The number of hydrogen-bond acceptors (Lipinski definition) is 6. The molecule has 7 nitrogen and oxygen atoms in total. The molecule has 0 atom stereocenters. The highest BCUT2D eigenvalue weighted by atomic mass is 79.9. The number of benzene rings is 2. The lowest BCUT2D eigenvalue weighted by molar-refractivity contribution is 0.102. The Bertz CT molecular complexity index is 1110. The fourth-order valence-corrected chi connectivity index (χ4v) is 4.72. The molecule has 0 aliphatic rings. The van der Waals surface area contributed by atoms with Crippen LogP contribution in [-0.2, 0) is 0 Å². The van der Waals surface area contributed by atoms with Crippen LogP contribution in [0.1, 0.15) is 10.4 Å². The van der Waals surface area contributed by atoms with Crippen molar-refractivity contribution in [1.29, 1.82) is 0 Å². The summed E-state index contributed by atoms with van der Waals surface area (Å²) >= 11 is 8.25. The highest BCUT2D eigenvalue weighted by Crippen LogP contribution is 2.33. The molecule has 2 aromatic heterocycles. The zero-order valence-electron chi connectivity index (χ0n) is 13.8. The average molecular weight is 509 g/mol. The van der Waals surface area contributed by atoms with Gasteiger partial charge in [-0.3, -0.25) is 4.79 Å². The van der Waals surface area contributed by atoms with E-state index in [1.165, 1.54) is 18.4 Å². The van der Waals surface area contributed by atoms with E-state index in [0.29, 0.717) is 21.5 Å². The molecule has 0 spiro atoms. The Balaban J connectivity index is 1.56. The van der Waals surface area contributed by atoms with Crippen LogP contribution in [0.2, 0.25) is 0 Å². The zero-order valence-corrected chi connectivity index (χ0v) is 17.8. The quantitative estimate of drug-likeness (QED) is 0.434. The van der Waals surface area contributed by atoms with Crippen LogP contribution < -0.4 is 10.1 Å². The maximum Gasteiger partial charge on any atom is 0.259 e. The highest BCUT2D eigenvalue weighted by Gasteiger charge is 2.17. The minimum atomic E-state index is -0.264. The Morgan fingerprint density at radius 2 is 2.00 bits per heavy atom. The lowest BCUT2D eigenvalue weighted by Gasteiger charge is -2.12. The number of halogens is 2. The molecule has 0 radical (unpaired) electrons. The van der Waals surface area contributed by atoms with Crippen molar-refractivity contribution in [3.8, 4) is 16.3 Å². The molecule has 10 heteroatoms. The monoisotopic (exact) mass is 507 g/mol. The smallest absolute Gasteiger partial charge is 0.259 e. The fraction of sp³-hybridized carbons (Fsp3) is 0.0588. The predicted octanol–water partition coefficient (Wildman–Crippen LogP) is 4.64. The zero-order chi connectivity index (χ0) is 19.0. The molecule has 0 unspecified atom stereocenters. The first-order valence-corrected chi connectivity index (χ1v) is 10.1. The molecular formula is C17H11Br2N5O2S. The van der Waals surface area contributed by atoms with Gasteiger partial charge >= 0.3 is 0 Å². The maximum atomic E-state index is 12.7. The molecule has 0 aliphatic carbocycles. The van der Waals surface area contributed by atoms with Gasteiger partial charge < -0.3 is 10.1 Å². The van der Waals surface area contributed by atoms with E-state index >= 15 is 0 Å². The van der Waals surface area contributed by atoms with E-state index in [2.05, 4.69) is 52.5 Å². The van der Waals surface area contributed by atoms with Gasteiger partial charge in [-0.1, -0.05) is 27.3 Å². The molecule has 2 aromatic carbocycles. The Labute approximate surface area is 174 Å². The number of rotatable bonds is 4. The number of fused-ring (bicyclic) bond motifs is 1. The molecule has 1 N–H and O–H groups in total. The number of nitrogens with one attached hydrogen (secondary N) is 1. The third-order valence-electron chi connectivity index (χ3n) is 3.73. The number of carbonyl (C=O) groups is 1. The summed E-state index contributed by atoms with van der Waals surface area (Å²) in [4.78, 5) is 13.4. The van der Waals surface area contributed by atoms with Crippen molar-refractivity contribution < 1.29 is 9.53 Å². The number of methoxy groups -OCH3 is 1. The standard InChI is InChI=1S/C17H11Br2N5O2S/c1-26-14-12(6-10(18)7-13(14)19)15(25)21-11-4-2-9(3-5-11)16-23-24-8-20-22-17(24)27-16/h2-8H,1H3,(H,21,25). The summed E-state index contributed by atoms with van der Waals surface area (Å²) in [6, 6.07) is 11.0. The molecule has 0 aliphatic heterocycles. The first-order valence-electron chi connectivity index (χ1n) is 7.67. The number of anilines is 1. The normalized spacial score (nSPS) is 10.9. The van der Waals surface area contributed by atoms with Crippen molar-refractivity contribution >= 4 is 59.8 Å². The molecule has 0 saturated carbocycles. The SMILES string of the molecule is COc1c(Br)cc(Br)cc1C(=O)Nc1ccc(-c2nn3cnnc3s2)cc1. The third kappa shape index (κ3) is 3.60. The van der Waals surface area contributed by atoms with Gasteiger partial charge in [-0.15, -0.1) is 10.2 Å². The van der Waals surface area contributed by atoms with Crippen LogP contribution in [-0.4, -0.2) is 32.8 Å². The van der Waals surface area contributed by atoms with Crippen molar-refractivity contribution in [1.82, 2.24) is 19.8 Å². The minimum Gasteiger partial charge on any atom is -0.495 e. The lowest BCUT2D eigenvalue weighted by Crippen LogP contribution is -2.13. The number of nitrogens with zero attached hydrogens (tertiary/aromatic N) is 4. The molecular weight excluding hydrogens is 498 g/mol. The van der Waals surface area contributed by atoms with Gasteiger partial charge in [-0.2, -0.15) is 9.61 Å². The molecule has 0 bridgehead atoms. The van der Waals surface area contributed by atoms with Gasteiger partial charge in [0.1, 0.15) is 17.1 Å². The molecule has 2 heterocycles. The molecule has 1 amide bonds. The maximum absolute atomic E-state index is 12.7. The van der Waals surface area contributed by atoms with Crippen molar-refractivity contribution in [3.05, 3.63) is 57.2 Å². The Kier molecular flexibility index (Phi) is 4.94. The summed E-state index contributed by atoms with van der Waals surface area (Å²) in [6.45, 7) is 0. The van der Waals surface area contributed by atoms with Crippen LogP contribution in [0.4, 0.5) is 5.69 Å². The topological polar surface area (TPSA) is 81.4 Å². The number of ether oxygens (including phenoxy) is 1. The summed E-state index contributed by atoms with van der Waals surface area (Å²) in [7, 11) is 1.53. The van der Waals surface area contributed by atoms with Crippen molar-refractivity contribution in [3.63, 3.8) is 0 Å². The van der Waals surface area contributed by atoms with Crippen LogP contribution in [0.25, 0.3) is 15.5 Å². The van der Waals surface area contributed by atoms with Gasteiger partial charge in [0.05, 0.1) is 17.1 Å². The lowest BCUT2D eigenvalue weighted by atomic mass is 10.1. The molecule has 27 heavy (non-hydrogen) atoms. The van der Waals surface area contributed by atoms with Crippen LogP contribution in [0.15, 0.2) is 51.7 Å². The summed E-state index contributed by atoms with van der Waals surface area (Å²) < 4.78 is 8.45. The number of carbonyl (C=O) groups excluding carboxylic acids is 1. The molecule has 4 aromatic rings. The number of amides is 1. The average Bonchev–Trinajstić information content (AvgIpc) is 3.23. The van der Waals surface area contributed by atoms with E-state index in [9.17, 15) is 4.79 Å². The predicted molar refractivity (Wildman–Crippen MR) is 110 cm³/mol. The van der Waals surface area contributed by atoms with E-state index in [1.54, 1.807) is 16.9 Å². The van der Waals surface area contributed by atoms with Gasteiger partial charge in [0.2, 0.25) is 4.96 Å². The van der Waals surface area contributed by atoms with Gasteiger partial charge in [-0.25, -0.2) is 0 Å². The van der Waals surface area contributed by atoms with Crippen LogP contribution in [0, 0.1) is 0 Å².